The fraction of sp³-hybridized carbons (Fsp3) is 0.727. The molecule has 2 rings (SSSR count). The number of nitrogens with one attached hydrogen (secondary N) is 2. The molecule has 108 valence electrons. The maximum absolute atomic E-state index is 11.9. The summed E-state index contributed by atoms with van der Waals surface area (Å²) in [7, 11) is -1.88. The largest absolute Gasteiger partial charge is 0.360 e. The lowest BCUT2D eigenvalue weighted by Crippen LogP contribution is -2.39. The fourth-order valence-corrected chi connectivity index (χ4v) is 2.54. The first kappa shape index (κ1) is 14.4. The van der Waals surface area contributed by atoms with Crippen molar-refractivity contribution in [2.75, 3.05) is 20.1 Å². The Bertz CT molecular complexity index is 470. The molecule has 1 saturated carbocycles. The zero-order chi connectivity index (χ0) is 13.7. The maximum Gasteiger partial charge on any atom is 0.279 e. The van der Waals surface area contributed by atoms with Crippen LogP contribution in [-0.4, -0.2) is 44.1 Å². The molecule has 1 fully saturated rings. The third kappa shape index (κ3) is 4.90. The second kappa shape index (κ2) is 6.47. The molecule has 0 atom stereocenters. The van der Waals surface area contributed by atoms with Crippen LogP contribution in [0.2, 0.25) is 0 Å². The molecule has 0 amide bonds. The SMILES string of the molecule is CN(CCCNC1CC1)S(=O)(=O)NCc1ccno1. The van der Waals surface area contributed by atoms with Gasteiger partial charge in [-0.3, -0.25) is 0 Å². The van der Waals surface area contributed by atoms with Crippen LogP contribution in [0.15, 0.2) is 16.8 Å². The van der Waals surface area contributed by atoms with E-state index in [4.69, 9.17) is 4.52 Å². The van der Waals surface area contributed by atoms with Crippen molar-refractivity contribution in [2.24, 2.45) is 0 Å². The highest BCUT2D eigenvalue weighted by molar-refractivity contribution is 7.87. The zero-order valence-corrected chi connectivity index (χ0v) is 11.8. The normalized spacial score (nSPS) is 16.1. The summed E-state index contributed by atoms with van der Waals surface area (Å²) in [5, 5.41) is 6.87. The molecule has 7 nitrogen and oxygen atoms in total. The molecule has 0 unspecified atom stereocenters. The van der Waals surface area contributed by atoms with Gasteiger partial charge in [0.2, 0.25) is 0 Å². The minimum atomic E-state index is -3.45. The van der Waals surface area contributed by atoms with Gasteiger partial charge in [0.05, 0.1) is 12.7 Å². The van der Waals surface area contributed by atoms with Gasteiger partial charge in [0, 0.05) is 25.7 Å². The van der Waals surface area contributed by atoms with E-state index in [1.807, 2.05) is 0 Å². The van der Waals surface area contributed by atoms with E-state index in [1.54, 1.807) is 13.1 Å². The minimum Gasteiger partial charge on any atom is -0.360 e. The predicted molar refractivity (Wildman–Crippen MR) is 70.5 cm³/mol. The second-order valence-electron chi connectivity index (χ2n) is 4.71. The van der Waals surface area contributed by atoms with Crippen molar-refractivity contribution in [2.45, 2.75) is 31.8 Å². The molecule has 0 spiro atoms. The summed E-state index contributed by atoms with van der Waals surface area (Å²) in [5.41, 5.74) is 0. The summed E-state index contributed by atoms with van der Waals surface area (Å²) in [6.45, 7) is 1.46. The first-order chi connectivity index (χ1) is 9.08. The Morgan fingerprint density at radius 3 is 2.95 bits per heavy atom. The Morgan fingerprint density at radius 2 is 2.32 bits per heavy atom. The minimum absolute atomic E-state index is 0.118. The molecule has 1 heterocycles. The lowest BCUT2D eigenvalue weighted by atomic mass is 10.4. The molecule has 1 aliphatic rings. The molecular formula is C11H20N4O3S. The van der Waals surface area contributed by atoms with E-state index in [0.717, 1.165) is 13.0 Å². The van der Waals surface area contributed by atoms with Crippen LogP contribution in [0.4, 0.5) is 0 Å². The van der Waals surface area contributed by atoms with Crippen LogP contribution >= 0.6 is 0 Å². The van der Waals surface area contributed by atoms with Crippen LogP contribution < -0.4 is 10.0 Å². The number of nitrogens with zero attached hydrogens (tertiary/aromatic N) is 2. The molecule has 1 aromatic heterocycles. The van der Waals surface area contributed by atoms with Gasteiger partial charge < -0.3 is 9.84 Å². The van der Waals surface area contributed by atoms with E-state index < -0.39 is 10.2 Å². The molecule has 8 heteroatoms. The lowest BCUT2D eigenvalue weighted by Gasteiger charge is -2.17. The number of aromatic nitrogens is 1. The van der Waals surface area contributed by atoms with Crippen molar-refractivity contribution in [1.82, 2.24) is 19.5 Å². The molecule has 1 aromatic rings. The van der Waals surface area contributed by atoms with E-state index in [1.165, 1.54) is 23.3 Å². The van der Waals surface area contributed by atoms with E-state index in [9.17, 15) is 8.42 Å². The first-order valence-corrected chi connectivity index (χ1v) is 7.86. The lowest BCUT2D eigenvalue weighted by molar-refractivity contribution is 0.376. The Labute approximate surface area is 113 Å². The van der Waals surface area contributed by atoms with Crippen molar-refractivity contribution in [1.29, 1.82) is 0 Å². The van der Waals surface area contributed by atoms with E-state index in [2.05, 4.69) is 15.2 Å². The van der Waals surface area contributed by atoms with Gasteiger partial charge in [0.25, 0.3) is 10.2 Å². The van der Waals surface area contributed by atoms with Gasteiger partial charge in [0.1, 0.15) is 0 Å². The Balaban J connectivity index is 1.67. The maximum atomic E-state index is 11.9. The molecule has 0 aromatic carbocycles. The molecule has 1 aliphatic carbocycles. The Morgan fingerprint density at radius 1 is 1.53 bits per heavy atom. The summed E-state index contributed by atoms with van der Waals surface area (Å²) in [6.07, 6.45) is 4.77. The molecular weight excluding hydrogens is 268 g/mol. The highest BCUT2D eigenvalue weighted by Crippen LogP contribution is 2.18. The van der Waals surface area contributed by atoms with Gasteiger partial charge in [-0.25, -0.2) is 0 Å². The Hall–Kier alpha value is -0.960. The highest BCUT2D eigenvalue weighted by Gasteiger charge is 2.20. The van der Waals surface area contributed by atoms with Crippen LogP contribution in [-0.2, 0) is 16.8 Å². The zero-order valence-electron chi connectivity index (χ0n) is 11.0. The van der Waals surface area contributed by atoms with Crippen LogP contribution in [0, 0.1) is 0 Å². The van der Waals surface area contributed by atoms with Gasteiger partial charge in [-0.1, -0.05) is 5.16 Å². The molecule has 0 radical (unpaired) electrons. The van der Waals surface area contributed by atoms with Crippen LogP contribution in [0.3, 0.4) is 0 Å². The predicted octanol–water partition coefficient (Wildman–Crippen LogP) is 0.0829. The number of hydrogen-bond donors (Lipinski definition) is 2. The van der Waals surface area contributed by atoms with Crippen molar-refractivity contribution in [3.05, 3.63) is 18.0 Å². The molecule has 2 N–H and O–H groups in total. The fourth-order valence-electron chi connectivity index (χ4n) is 1.62. The average Bonchev–Trinajstić information content (AvgIpc) is 3.05. The summed E-state index contributed by atoms with van der Waals surface area (Å²) in [6, 6.07) is 2.29. The molecule has 0 saturated heterocycles. The van der Waals surface area contributed by atoms with Gasteiger partial charge in [-0.05, 0) is 25.8 Å². The van der Waals surface area contributed by atoms with Crippen LogP contribution in [0.25, 0.3) is 0 Å². The third-order valence-electron chi connectivity index (χ3n) is 2.99. The molecule has 0 bridgehead atoms. The van der Waals surface area contributed by atoms with Crippen molar-refractivity contribution in [3.8, 4) is 0 Å². The second-order valence-corrected chi connectivity index (χ2v) is 6.57. The quantitative estimate of drug-likeness (QED) is 0.629. The van der Waals surface area contributed by atoms with E-state index in [0.29, 0.717) is 18.3 Å². The van der Waals surface area contributed by atoms with E-state index in [-0.39, 0.29) is 6.54 Å². The smallest absolute Gasteiger partial charge is 0.279 e. The van der Waals surface area contributed by atoms with E-state index >= 15 is 0 Å². The average molecular weight is 288 g/mol. The summed E-state index contributed by atoms with van der Waals surface area (Å²) < 4.78 is 32.4. The Kier molecular flexibility index (Phi) is 4.92. The van der Waals surface area contributed by atoms with Crippen LogP contribution in [0.1, 0.15) is 25.0 Å². The van der Waals surface area contributed by atoms with Gasteiger partial charge in [0.15, 0.2) is 5.76 Å². The third-order valence-corrected chi connectivity index (χ3v) is 4.50. The molecule has 0 aliphatic heterocycles. The summed E-state index contributed by atoms with van der Waals surface area (Å²) >= 11 is 0. The number of rotatable bonds is 9. The molecule has 19 heavy (non-hydrogen) atoms. The standard InChI is InChI=1S/C11H20N4O3S/c1-15(8-2-6-12-10-3-4-10)19(16,17)14-9-11-5-7-13-18-11/h5,7,10,12,14H,2-4,6,8-9H2,1H3. The van der Waals surface area contributed by atoms with Gasteiger partial charge >= 0.3 is 0 Å². The topological polar surface area (TPSA) is 87.5 Å². The summed E-state index contributed by atoms with van der Waals surface area (Å²) in [4.78, 5) is 0. The van der Waals surface area contributed by atoms with Gasteiger partial charge in [-0.2, -0.15) is 17.4 Å². The van der Waals surface area contributed by atoms with Crippen LogP contribution in [0.5, 0.6) is 0 Å². The van der Waals surface area contributed by atoms with Crippen molar-refractivity contribution < 1.29 is 12.9 Å². The highest BCUT2D eigenvalue weighted by atomic mass is 32.2. The number of hydrogen-bond acceptors (Lipinski definition) is 5. The monoisotopic (exact) mass is 288 g/mol. The summed E-state index contributed by atoms with van der Waals surface area (Å²) in [5.74, 6) is 0.493. The first-order valence-electron chi connectivity index (χ1n) is 6.42. The van der Waals surface area contributed by atoms with Crippen molar-refractivity contribution in [3.63, 3.8) is 0 Å². The van der Waals surface area contributed by atoms with Crippen molar-refractivity contribution >= 4 is 10.2 Å². The van der Waals surface area contributed by atoms with Gasteiger partial charge in [-0.15, -0.1) is 0 Å².